The Morgan fingerprint density at radius 3 is 2.12 bits per heavy atom. The van der Waals surface area contributed by atoms with E-state index in [1.54, 1.807) is 10.8 Å². The Morgan fingerprint density at radius 2 is 1.56 bits per heavy atom. The molecule has 0 aliphatic carbocycles. The number of benzene rings is 2. The van der Waals surface area contributed by atoms with Crippen molar-refractivity contribution >= 4 is 34.6 Å². The third-order valence-corrected chi connectivity index (χ3v) is 3.41. The summed E-state index contributed by atoms with van der Waals surface area (Å²) in [5.41, 5.74) is 3.37. The first-order valence-electron chi connectivity index (χ1n) is 7.74. The summed E-state index contributed by atoms with van der Waals surface area (Å²) in [6, 6.07) is 15.1. The summed E-state index contributed by atoms with van der Waals surface area (Å²) >= 11 is 0. The molecule has 3 aromatic rings. The Labute approximate surface area is 145 Å². The summed E-state index contributed by atoms with van der Waals surface area (Å²) in [6.07, 6.45) is 3.50. The largest absolute Gasteiger partial charge is 0.356 e. The van der Waals surface area contributed by atoms with Crippen LogP contribution in [0.25, 0.3) is 0 Å². The van der Waals surface area contributed by atoms with E-state index in [-0.39, 0.29) is 5.91 Å². The lowest BCUT2D eigenvalue weighted by atomic mass is 10.2. The normalized spacial score (nSPS) is 10.8. The molecule has 0 atom stereocenters. The van der Waals surface area contributed by atoms with Gasteiger partial charge in [-0.2, -0.15) is 0 Å². The quantitative estimate of drug-likeness (QED) is 0.672. The number of imidazole rings is 1. The van der Waals surface area contributed by atoms with Crippen molar-refractivity contribution in [1.82, 2.24) is 9.55 Å². The van der Waals surface area contributed by atoms with Crippen LogP contribution in [0.5, 0.6) is 0 Å². The number of rotatable bonds is 5. The van der Waals surface area contributed by atoms with Crippen molar-refractivity contribution in [2.75, 3.05) is 10.6 Å². The molecule has 25 heavy (non-hydrogen) atoms. The zero-order chi connectivity index (χ0) is 17.6. The van der Waals surface area contributed by atoms with Crippen LogP contribution in [0.15, 0.2) is 71.2 Å². The van der Waals surface area contributed by atoms with E-state index in [2.05, 4.69) is 25.8 Å². The molecule has 1 heterocycles. The van der Waals surface area contributed by atoms with E-state index in [1.165, 1.54) is 6.92 Å². The topological polar surface area (TPSA) is 83.7 Å². The molecule has 1 aromatic heterocycles. The Balaban J connectivity index is 1.63. The second-order valence-corrected chi connectivity index (χ2v) is 5.47. The van der Waals surface area contributed by atoms with Gasteiger partial charge in [-0.25, -0.2) is 4.98 Å². The number of carbonyl (C=O) groups excluding carboxylic acids is 1. The van der Waals surface area contributed by atoms with Crippen LogP contribution in [-0.4, -0.2) is 15.5 Å². The second-order valence-electron chi connectivity index (χ2n) is 5.47. The van der Waals surface area contributed by atoms with Gasteiger partial charge in [-0.05, 0) is 48.5 Å². The molecule has 0 aliphatic rings. The summed E-state index contributed by atoms with van der Waals surface area (Å²) in [7, 11) is 1.87. The highest BCUT2D eigenvalue weighted by Gasteiger charge is 1.99. The van der Waals surface area contributed by atoms with Crippen LogP contribution in [0.1, 0.15) is 6.92 Å². The fraction of sp³-hybridized carbons (Fsp3) is 0.111. The van der Waals surface area contributed by atoms with Gasteiger partial charge in [0.25, 0.3) is 0 Å². The van der Waals surface area contributed by atoms with Crippen LogP contribution in [0.2, 0.25) is 0 Å². The van der Waals surface area contributed by atoms with Gasteiger partial charge in [0, 0.05) is 43.4 Å². The molecule has 0 saturated heterocycles. The molecule has 0 unspecified atom stereocenters. The molecule has 1 amide bonds. The number of anilines is 3. The molecule has 0 saturated carbocycles. The van der Waals surface area contributed by atoms with Crippen LogP contribution in [0, 0.1) is 0 Å². The lowest BCUT2D eigenvalue weighted by molar-refractivity contribution is -0.114. The highest BCUT2D eigenvalue weighted by atomic mass is 16.1. The Kier molecular flexibility index (Phi) is 4.84. The maximum absolute atomic E-state index is 11.0. The summed E-state index contributed by atoms with van der Waals surface area (Å²) in [6.45, 7) is 1.49. The van der Waals surface area contributed by atoms with Crippen LogP contribution >= 0.6 is 0 Å². The van der Waals surface area contributed by atoms with E-state index >= 15 is 0 Å². The minimum Gasteiger partial charge on any atom is -0.356 e. The van der Waals surface area contributed by atoms with Crippen molar-refractivity contribution in [3.63, 3.8) is 0 Å². The third kappa shape index (κ3) is 4.51. The first kappa shape index (κ1) is 16.4. The summed E-state index contributed by atoms with van der Waals surface area (Å²) in [5, 5.41) is 14.3. The minimum absolute atomic E-state index is 0.0870. The molecule has 0 fully saturated rings. The number of carbonyl (C=O) groups is 1. The Morgan fingerprint density at radius 1 is 0.960 bits per heavy atom. The van der Waals surface area contributed by atoms with Gasteiger partial charge in [0.1, 0.15) is 0 Å². The van der Waals surface area contributed by atoms with Crippen molar-refractivity contribution in [3.8, 4) is 0 Å². The number of nitrogens with zero attached hydrogens (tertiary/aromatic N) is 4. The molecule has 7 nitrogen and oxygen atoms in total. The highest BCUT2D eigenvalue weighted by molar-refractivity contribution is 5.88. The fourth-order valence-electron chi connectivity index (χ4n) is 2.17. The molecule has 126 valence electrons. The van der Waals surface area contributed by atoms with Gasteiger partial charge in [0.05, 0.1) is 5.69 Å². The van der Waals surface area contributed by atoms with Gasteiger partial charge < -0.3 is 15.2 Å². The van der Waals surface area contributed by atoms with Gasteiger partial charge in [-0.3, -0.25) is 4.79 Å². The van der Waals surface area contributed by atoms with Gasteiger partial charge in [-0.15, -0.1) is 10.2 Å². The lowest BCUT2D eigenvalue weighted by Gasteiger charge is -2.08. The van der Waals surface area contributed by atoms with E-state index in [0.717, 1.165) is 22.7 Å². The number of hydrogen-bond acceptors (Lipinski definition) is 5. The molecule has 0 bridgehead atoms. The molecular weight excluding hydrogens is 316 g/mol. The second kappa shape index (κ2) is 7.39. The van der Waals surface area contributed by atoms with Gasteiger partial charge in [0.2, 0.25) is 11.9 Å². The molecule has 0 radical (unpaired) electrons. The van der Waals surface area contributed by atoms with E-state index in [0.29, 0.717) is 5.95 Å². The number of aromatic nitrogens is 2. The predicted molar refractivity (Wildman–Crippen MR) is 97.9 cm³/mol. The molecule has 3 rings (SSSR count). The van der Waals surface area contributed by atoms with Crippen LogP contribution in [0.3, 0.4) is 0 Å². The number of amides is 1. The van der Waals surface area contributed by atoms with Crippen molar-refractivity contribution in [2.45, 2.75) is 6.92 Å². The van der Waals surface area contributed by atoms with Gasteiger partial charge in [0.15, 0.2) is 0 Å². The maximum Gasteiger partial charge on any atom is 0.249 e. The number of nitrogens with one attached hydrogen (secondary N) is 2. The third-order valence-electron chi connectivity index (χ3n) is 3.41. The number of azo groups is 1. The van der Waals surface area contributed by atoms with E-state index in [9.17, 15) is 4.79 Å². The summed E-state index contributed by atoms with van der Waals surface area (Å²) < 4.78 is 1.80. The Bertz CT molecular complexity index is 881. The van der Waals surface area contributed by atoms with E-state index in [1.807, 2.05) is 61.8 Å². The van der Waals surface area contributed by atoms with Crippen molar-refractivity contribution in [1.29, 1.82) is 0 Å². The smallest absolute Gasteiger partial charge is 0.249 e. The predicted octanol–water partition coefficient (Wildman–Crippen LogP) is 4.54. The monoisotopic (exact) mass is 334 g/mol. The molecule has 0 aliphatic heterocycles. The molecule has 0 spiro atoms. The first-order chi connectivity index (χ1) is 12.1. The zero-order valence-corrected chi connectivity index (χ0v) is 14.0. The van der Waals surface area contributed by atoms with Gasteiger partial charge >= 0.3 is 0 Å². The van der Waals surface area contributed by atoms with Crippen LogP contribution in [0.4, 0.5) is 28.7 Å². The standard InChI is InChI=1S/C18H18N6O/c1-13(25)20-14-3-5-15(6-4-14)21-16-7-9-17(10-8-16)22-23-18-19-11-12-24(18)2/h3-12,21H,1-2H3,(H,20,25). The zero-order valence-electron chi connectivity index (χ0n) is 14.0. The van der Waals surface area contributed by atoms with Crippen LogP contribution in [-0.2, 0) is 11.8 Å². The van der Waals surface area contributed by atoms with E-state index < -0.39 is 0 Å². The summed E-state index contributed by atoms with van der Waals surface area (Å²) in [4.78, 5) is 15.1. The lowest BCUT2D eigenvalue weighted by Crippen LogP contribution is -2.05. The Hall–Kier alpha value is -3.48. The minimum atomic E-state index is -0.0870. The molecule has 2 N–H and O–H groups in total. The van der Waals surface area contributed by atoms with Crippen molar-refractivity contribution in [3.05, 3.63) is 60.9 Å². The van der Waals surface area contributed by atoms with Gasteiger partial charge in [-0.1, -0.05) is 0 Å². The van der Waals surface area contributed by atoms with E-state index in [4.69, 9.17) is 0 Å². The SMILES string of the molecule is CC(=O)Nc1ccc(Nc2ccc(N=Nc3nccn3C)cc2)cc1. The van der Waals surface area contributed by atoms with Crippen molar-refractivity contribution < 1.29 is 4.79 Å². The maximum atomic E-state index is 11.0. The van der Waals surface area contributed by atoms with Crippen molar-refractivity contribution in [2.24, 2.45) is 17.3 Å². The summed E-state index contributed by atoms with van der Waals surface area (Å²) in [5.74, 6) is 0.470. The average molecular weight is 334 g/mol. The average Bonchev–Trinajstić information content (AvgIpc) is 3.01. The fourth-order valence-corrected chi connectivity index (χ4v) is 2.17. The number of aryl methyl sites for hydroxylation is 1. The first-order valence-corrected chi connectivity index (χ1v) is 7.74. The highest BCUT2D eigenvalue weighted by Crippen LogP contribution is 2.22. The molecular formula is C18H18N6O. The molecule has 7 heteroatoms. The van der Waals surface area contributed by atoms with Crippen LogP contribution < -0.4 is 10.6 Å². The number of hydrogen-bond donors (Lipinski definition) is 2. The molecule has 2 aromatic carbocycles.